The molecule has 0 aromatic carbocycles. The number of rotatable bonds is 4. The molecule has 0 bridgehead atoms. The van der Waals surface area contributed by atoms with Crippen LogP contribution in [0.5, 0.6) is 0 Å². The van der Waals surface area contributed by atoms with Gasteiger partial charge < -0.3 is 4.84 Å². The third kappa shape index (κ3) is 6.13. The van der Waals surface area contributed by atoms with E-state index < -0.39 is 9.15 Å². The van der Waals surface area contributed by atoms with Crippen LogP contribution in [0.4, 0.5) is 0 Å². The Morgan fingerprint density at radius 1 is 1.67 bits per heavy atom. The van der Waals surface area contributed by atoms with Crippen molar-refractivity contribution in [2.45, 2.75) is 31.4 Å². The van der Waals surface area contributed by atoms with Gasteiger partial charge in [0.15, 0.2) is 0 Å². The predicted octanol–water partition coefficient (Wildman–Crippen LogP) is -1.53. The summed E-state index contributed by atoms with van der Waals surface area (Å²) in [6, 6.07) is 0. The summed E-state index contributed by atoms with van der Waals surface area (Å²) in [4.78, 5) is 4.86. The SMILES string of the molecule is CCO/N=C1\CCCC1SS(=O)(=O)O.[Na+]. The minimum Gasteiger partial charge on any atom is -0.396 e. The van der Waals surface area contributed by atoms with Crippen LogP contribution in [-0.2, 0) is 14.0 Å². The second-order valence-corrected chi connectivity index (χ2v) is 6.36. The average Bonchev–Trinajstić information content (AvgIpc) is 2.45. The minimum atomic E-state index is -3.99. The van der Waals surface area contributed by atoms with E-state index >= 15 is 0 Å². The molecule has 1 unspecified atom stereocenters. The van der Waals surface area contributed by atoms with Gasteiger partial charge in [-0.1, -0.05) is 5.16 Å². The van der Waals surface area contributed by atoms with E-state index in [4.69, 9.17) is 9.39 Å². The molecule has 8 heteroatoms. The van der Waals surface area contributed by atoms with Gasteiger partial charge in [0, 0.05) is 10.8 Å². The summed E-state index contributed by atoms with van der Waals surface area (Å²) >= 11 is 0. The fraction of sp³-hybridized carbons (Fsp3) is 0.857. The molecule has 1 rings (SSSR count). The standard InChI is InChI=1S/C7H13NO4S2.Na/c1-2-12-8-6-4-3-5-7(6)13-14(9,10)11;/h7H,2-5H2,1H3,(H,9,10,11);/q;+1/b8-6+;. The number of hydrogen-bond donors (Lipinski definition) is 1. The van der Waals surface area contributed by atoms with Crippen LogP contribution >= 0.6 is 10.8 Å². The monoisotopic (exact) mass is 262 g/mol. The van der Waals surface area contributed by atoms with E-state index in [0.29, 0.717) is 17.4 Å². The van der Waals surface area contributed by atoms with E-state index in [9.17, 15) is 8.42 Å². The molecule has 1 aliphatic rings. The number of oxime groups is 1. The first-order chi connectivity index (χ1) is 6.53. The molecule has 0 spiro atoms. The van der Waals surface area contributed by atoms with Crippen LogP contribution in [0, 0.1) is 0 Å². The summed E-state index contributed by atoms with van der Waals surface area (Å²) in [5, 5.41) is 3.57. The van der Waals surface area contributed by atoms with Crippen LogP contribution < -0.4 is 29.6 Å². The van der Waals surface area contributed by atoms with Crippen LogP contribution in [0.1, 0.15) is 26.2 Å². The molecular formula is C7H13NNaO4S2+. The van der Waals surface area contributed by atoms with E-state index in [1.807, 2.05) is 6.92 Å². The van der Waals surface area contributed by atoms with Crippen molar-refractivity contribution in [1.82, 2.24) is 0 Å². The van der Waals surface area contributed by atoms with Crippen LogP contribution in [0.25, 0.3) is 0 Å². The van der Waals surface area contributed by atoms with Gasteiger partial charge in [-0.2, -0.15) is 8.42 Å². The Balaban J connectivity index is 0.00000196. The fourth-order valence-electron chi connectivity index (χ4n) is 1.30. The van der Waals surface area contributed by atoms with Gasteiger partial charge in [0.05, 0.1) is 11.0 Å². The van der Waals surface area contributed by atoms with E-state index in [2.05, 4.69) is 5.16 Å². The van der Waals surface area contributed by atoms with Crippen molar-refractivity contribution in [3.8, 4) is 0 Å². The van der Waals surface area contributed by atoms with Crippen LogP contribution in [0.15, 0.2) is 5.16 Å². The first-order valence-electron chi connectivity index (χ1n) is 4.37. The summed E-state index contributed by atoms with van der Waals surface area (Å²) in [6.45, 7) is 2.27. The van der Waals surface area contributed by atoms with Gasteiger partial charge in [-0.25, -0.2) is 0 Å². The molecule has 0 saturated heterocycles. The average molecular weight is 262 g/mol. The first kappa shape index (κ1) is 15.7. The van der Waals surface area contributed by atoms with Crippen molar-refractivity contribution in [2.24, 2.45) is 5.16 Å². The molecule has 1 N–H and O–H groups in total. The Hall–Kier alpha value is 0.730. The maximum atomic E-state index is 10.6. The Morgan fingerprint density at radius 2 is 2.33 bits per heavy atom. The van der Waals surface area contributed by atoms with Gasteiger partial charge >= 0.3 is 38.7 Å². The molecule has 1 atom stereocenters. The molecule has 0 amide bonds. The molecule has 0 aromatic rings. The number of nitrogens with zero attached hydrogens (tertiary/aromatic N) is 1. The van der Waals surface area contributed by atoms with E-state index in [-0.39, 0.29) is 34.8 Å². The van der Waals surface area contributed by atoms with Crippen LogP contribution in [-0.4, -0.2) is 30.5 Å². The molecule has 1 saturated carbocycles. The molecule has 15 heavy (non-hydrogen) atoms. The topological polar surface area (TPSA) is 76.0 Å². The van der Waals surface area contributed by atoms with Crippen molar-refractivity contribution in [3.63, 3.8) is 0 Å². The molecule has 1 fully saturated rings. The fourth-order valence-corrected chi connectivity index (χ4v) is 3.63. The van der Waals surface area contributed by atoms with Gasteiger partial charge in [-0.05, 0) is 26.2 Å². The largest absolute Gasteiger partial charge is 1.00 e. The summed E-state index contributed by atoms with van der Waals surface area (Å²) < 4.78 is 29.9. The minimum absolute atomic E-state index is 0. The molecule has 0 aromatic heterocycles. The van der Waals surface area contributed by atoms with E-state index in [1.54, 1.807) is 0 Å². The smallest absolute Gasteiger partial charge is 0.396 e. The zero-order valence-corrected chi connectivity index (χ0v) is 12.5. The second kappa shape index (κ2) is 7.13. The van der Waals surface area contributed by atoms with Gasteiger partial charge in [0.25, 0.3) is 0 Å². The van der Waals surface area contributed by atoms with Crippen molar-refractivity contribution in [1.29, 1.82) is 0 Å². The summed E-state index contributed by atoms with van der Waals surface area (Å²) in [5.41, 5.74) is 0.717. The summed E-state index contributed by atoms with van der Waals surface area (Å²) in [6.07, 6.45) is 2.35. The van der Waals surface area contributed by atoms with Gasteiger partial charge in [0.2, 0.25) is 0 Å². The van der Waals surface area contributed by atoms with Crippen molar-refractivity contribution in [3.05, 3.63) is 0 Å². The molecule has 5 nitrogen and oxygen atoms in total. The van der Waals surface area contributed by atoms with Crippen molar-refractivity contribution < 1.29 is 47.4 Å². The molecule has 1 aliphatic carbocycles. The maximum absolute atomic E-state index is 10.6. The summed E-state index contributed by atoms with van der Waals surface area (Å²) in [7, 11) is -3.45. The number of hydrogen-bond acceptors (Lipinski definition) is 5. The normalized spacial score (nSPS) is 23.9. The predicted molar refractivity (Wildman–Crippen MR) is 55.8 cm³/mol. The molecule has 82 valence electrons. The molecule has 0 radical (unpaired) electrons. The summed E-state index contributed by atoms with van der Waals surface area (Å²) in [5.74, 6) is 0. The Labute approximate surface area is 115 Å². The Morgan fingerprint density at radius 3 is 2.87 bits per heavy atom. The first-order valence-corrected chi connectivity index (χ1v) is 7.21. The maximum Gasteiger partial charge on any atom is 1.00 e. The van der Waals surface area contributed by atoms with Crippen LogP contribution in [0.2, 0.25) is 0 Å². The third-order valence-electron chi connectivity index (χ3n) is 1.82. The molecule has 0 aliphatic heterocycles. The van der Waals surface area contributed by atoms with Gasteiger partial charge in [0.1, 0.15) is 6.61 Å². The quantitative estimate of drug-likeness (QED) is 0.288. The van der Waals surface area contributed by atoms with Crippen LogP contribution in [0.3, 0.4) is 0 Å². The van der Waals surface area contributed by atoms with Gasteiger partial charge in [-0.15, -0.1) is 0 Å². The zero-order chi connectivity index (χ0) is 10.6. The van der Waals surface area contributed by atoms with E-state index in [1.165, 1.54) is 0 Å². The van der Waals surface area contributed by atoms with Gasteiger partial charge in [-0.3, -0.25) is 4.55 Å². The van der Waals surface area contributed by atoms with Crippen molar-refractivity contribution >= 4 is 25.7 Å². The van der Waals surface area contributed by atoms with Crippen molar-refractivity contribution in [2.75, 3.05) is 6.61 Å². The third-order valence-corrected chi connectivity index (χ3v) is 4.23. The zero-order valence-electron chi connectivity index (χ0n) is 8.84. The second-order valence-electron chi connectivity index (χ2n) is 2.91. The molecule has 0 heterocycles. The van der Waals surface area contributed by atoms with E-state index in [0.717, 1.165) is 25.0 Å². The Bertz CT molecular complexity index is 317. The molecular weight excluding hydrogens is 249 g/mol. The Kier molecular flexibility index (Phi) is 7.48.